The minimum absolute atomic E-state index is 0.141. The number of hydrogen-bond acceptors (Lipinski definition) is 4. The van der Waals surface area contributed by atoms with Crippen molar-refractivity contribution in [2.24, 2.45) is 5.73 Å². The third kappa shape index (κ3) is 2.54. The van der Waals surface area contributed by atoms with E-state index in [9.17, 15) is 9.59 Å². The van der Waals surface area contributed by atoms with Gasteiger partial charge >= 0.3 is 0 Å². The minimum Gasteiger partial charge on any atom is -0.492 e. The molecular weight excluding hydrogens is 282 g/mol. The van der Waals surface area contributed by atoms with Crippen LogP contribution in [0.5, 0.6) is 5.75 Å². The number of hydrogen-bond donors (Lipinski definition) is 2. The summed E-state index contributed by atoms with van der Waals surface area (Å²) in [4.78, 5) is 26.6. The van der Waals surface area contributed by atoms with E-state index in [0.717, 1.165) is 12.0 Å². The number of nitrogens with zero attached hydrogens (tertiary/aromatic N) is 1. The van der Waals surface area contributed by atoms with Crippen molar-refractivity contribution < 1.29 is 14.3 Å². The maximum Gasteiger partial charge on any atom is 0.258 e. The summed E-state index contributed by atoms with van der Waals surface area (Å²) in [5.74, 6) is 0.336. The number of benzene rings is 1. The van der Waals surface area contributed by atoms with Crippen LogP contribution in [0.3, 0.4) is 0 Å². The van der Waals surface area contributed by atoms with Gasteiger partial charge in [-0.15, -0.1) is 0 Å². The molecule has 1 fully saturated rings. The van der Waals surface area contributed by atoms with Gasteiger partial charge in [0.1, 0.15) is 11.8 Å². The van der Waals surface area contributed by atoms with Gasteiger partial charge in [0.15, 0.2) is 0 Å². The van der Waals surface area contributed by atoms with Crippen molar-refractivity contribution >= 4 is 11.8 Å². The highest BCUT2D eigenvalue weighted by molar-refractivity contribution is 6.00. The molecule has 2 heterocycles. The summed E-state index contributed by atoms with van der Waals surface area (Å²) in [6.45, 7) is 3.39. The number of carbonyl (C=O) groups is 2. The van der Waals surface area contributed by atoms with Gasteiger partial charge in [-0.3, -0.25) is 9.59 Å². The van der Waals surface area contributed by atoms with Crippen molar-refractivity contribution in [3.63, 3.8) is 0 Å². The van der Waals surface area contributed by atoms with E-state index >= 15 is 0 Å². The van der Waals surface area contributed by atoms with E-state index in [-0.39, 0.29) is 17.9 Å². The number of nitrogens with one attached hydrogen (secondary N) is 1. The second-order valence-electron chi connectivity index (χ2n) is 5.76. The number of nitrogens with two attached hydrogens (primary N) is 1. The molecule has 1 aromatic carbocycles. The molecule has 6 nitrogen and oxygen atoms in total. The normalized spacial score (nSPS) is 23.1. The lowest BCUT2D eigenvalue weighted by Gasteiger charge is -2.24. The van der Waals surface area contributed by atoms with Crippen LogP contribution in [0.4, 0.5) is 0 Å². The molecule has 22 heavy (non-hydrogen) atoms. The topological polar surface area (TPSA) is 84.7 Å². The van der Waals surface area contributed by atoms with Crippen molar-refractivity contribution in [1.82, 2.24) is 10.2 Å². The number of rotatable bonds is 3. The van der Waals surface area contributed by atoms with Crippen molar-refractivity contribution in [2.75, 3.05) is 19.7 Å². The van der Waals surface area contributed by atoms with Crippen molar-refractivity contribution in [2.45, 2.75) is 31.8 Å². The molecule has 3 N–H and O–H groups in total. The Morgan fingerprint density at radius 1 is 1.45 bits per heavy atom. The summed E-state index contributed by atoms with van der Waals surface area (Å²) >= 11 is 0. The molecule has 0 radical (unpaired) electrons. The molecule has 3 rings (SSSR count). The van der Waals surface area contributed by atoms with Crippen LogP contribution in [0.2, 0.25) is 0 Å². The molecule has 0 aromatic heterocycles. The highest BCUT2D eigenvalue weighted by Gasteiger charge is 2.39. The average Bonchev–Trinajstić information content (AvgIpc) is 3.12. The average molecular weight is 303 g/mol. The maximum absolute atomic E-state index is 12.9. The quantitative estimate of drug-likeness (QED) is 0.841. The highest BCUT2D eigenvalue weighted by Crippen LogP contribution is 2.31. The number of fused-ring (bicyclic) bond motifs is 1. The fourth-order valence-electron chi connectivity index (χ4n) is 3.17. The first-order valence-corrected chi connectivity index (χ1v) is 7.70. The van der Waals surface area contributed by atoms with Gasteiger partial charge in [0.05, 0.1) is 12.2 Å². The van der Waals surface area contributed by atoms with Crippen LogP contribution >= 0.6 is 0 Å². The lowest BCUT2D eigenvalue weighted by Crippen LogP contribution is -2.46. The Morgan fingerprint density at radius 3 is 3.05 bits per heavy atom. The summed E-state index contributed by atoms with van der Waals surface area (Å²) in [5, 5.41) is 2.78. The maximum atomic E-state index is 12.9. The largest absolute Gasteiger partial charge is 0.492 e. The molecular formula is C16H21N3O3. The van der Waals surface area contributed by atoms with Crippen LogP contribution in [0.15, 0.2) is 18.2 Å². The molecule has 2 amide bonds. The summed E-state index contributed by atoms with van der Waals surface area (Å²) in [7, 11) is 0. The van der Waals surface area contributed by atoms with E-state index in [4.69, 9.17) is 10.5 Å². The molecule has 2 aliphatic heterocycles. The molecule has 1 aromatic rings. The third-order valence-electron chi connectivity index (χ3n) is 4.19. The Balaban J connectivity index is 1.87. The predicted octanol–water partition coefficient (Wildman–Crippen LogP) is 0.299. The van der Waals surface area contributed by atoms with Crippen molar-refractivity contribution in [3.8, 4) is 5.75 Å². The second kappa shape index (κ2) is 5.96. The molecule has 1 saturated heterocycles. The Bertz CT molecular complexity index is 602. The molecule has 2 unspecified atom stereocenters. The fourth-order valence-corrected chi connectivity index (χ4v) is 3.17. The molecule has 0 bridgehead atoms. The van der Waals surface area contributed by atoms with Gasteiger partial charge in [-0.05, 0) is 25.0 Å². The Labute approximate surface area is 129 Å². The number of likely N-dealkylation sites (tertiary alicyclic amines) is 1. The van der Waals surface area contributed by atoms with Crippen LogP contribution < -0.4 is 15.8 Å². The van der Waals surface area contributed by atoms with Gasteiger partial charge in [0.25, 0.3) is 5.91 Å². The van der Waals surface area contributed by atoms with Gasteiger partial charge in [0.2, 0.25) is 5.91 Å². The van der Waals surface area contributed by atoms with Gasteiger partial charge in [-0.1, -0.05) is 12.1 Å². The number of para-hydroxylation sites is 1. The summed E-state index contributed by atoms with van der Waals surface area (Å²) in [5.41, 5.74) is 7.54. The van der Waals surface area contributed by atoms with Crippen molar-refractivity contribution in [1.29, 1.82) is 0 Å². The van der Waals surface area contributed by atoms with Crippen LogP contribution in [0.1, 0.15) is 29.3 Å². The minimum atomic E-state index is -0.500. The van der Waals surface area contributed by atoms with Crippen molar-refractivity contribution in [3.05, 3.63) is 29.3 Å². The number of ether oxygens (including phenoxy) is 1. The zero-order valence-corrected chi connectivity index (χ0v) is 12.7. The van der Waals surface area contributed by atoms with E-state index in [2.05, 4.69) is 5.32 Å². The monoisotopic (exact) mass is 303 g/mol. The molecule has 6 heteroatoms. The zero-order chi connectivity index (χ0) is 15.7. The third-order valence-corrected chi connectivity index (χ3v) is 4.19. The van der Waals surface area contributed by atoms with Crippen LogP contribution in [0.25, 0.3) is 0 Å². The molecule has 118 valence electrons. The second-order valence-corrected chi connectivity index (χ2v) is 5.76. The molecule has 2 aliphatic rings. The zero-order valence-electron chi connectivity index (χ0n) is 12.7. The predicted molar refractivity (Wildman–Crippen MR) is 81.7 cm³/mol. The van der Waals surface area contributed by atoms with Crippen LogP contribution in [-0.2, 0) is 11.2 Å². The molecule has 0 aliphatic carbocycles. The Kier molecular flexibility index (Phi) is 4.02. The van der Waals surface area contributed by atoms with E-state index in [1.54, 1.807) is 11.0 Å². The summed E-state index contributed by atoms with van der Waals surface area (Å²) < 4.78 is 5.60. The first kappa shape index (κ1) is 14.8. The first-order valence-electron chi connectivity index (χ1n) is 7.70. The lowest BCUT2D eigenvalue weighted by atomic mass is 10.1. The van der Waals surface area contributed by atoms with Crippen LogP contribution in [-0.4, -0.2) is 48.5 Å². The highest BCUT2D eigenvalue weighted by atomic mass is 16.5. The summed E-state index contributed by atoms with van der Waals surface area (Å²) in [6.07, 6.45) is 1.31. The standard InChI is InChI=1S/C16H21N3O3/c1-2-18-15(20)13-8-11(17)9-19(13)16(21)12-5-3-4-10-6-7-22-14(10)12/h3-5,11,13H,2,6-9,17H2,1H3,(H,18,20). The number of likely N-dealkylation sites (N-methyl/N-ethyl adjacent to an activating group) is 1. The smallest absolute Gasteiger partial charge is 0.258 e. The van der Waals surface area contributed by atoms with Gasteiger partial charge in [0, 0.05) is 25.6 Å². The molecule has 0 saturated carbocycles. The van der Waals surface area contributed by atoms with E-state index < -0.39 is 6.04 Å². The van der Waals surface area contributed by atoms with E-state index in [0.29, 0.717) is 37.4 Å². The molecule has 0 spiro atoms. The van der Waals surface area contributed by atoms with E-state index in [1.165, 1.54) is 0 Å². The fraction of sp³-hybridized carbons (Fsp3) is 0.500. The van der Waals surface area contributed by atoms with Gasteiger partial charge in [-0.2, -0.15) is 0 Å². The first-order chi connectivity index (χ1) is 10.6. The summed E-state index contributed by atoms with van der Waals surface area (Å²) in [6, 6.07) is 4.91. The van der Waals surface area contributed by atoms with E-state index in [1.807, 2.05) is 19.1 Å². The van der Waals surface area contributed by atoms with Crippen LogP contribution in [0, 0.1) is 0 Å². The Morgan fingerprint density at radius 2 is 2.27 bits per heavy atom. The lowest BCUT2D eigenvalue weighted by molar-refractivity contribution is -0.124. The van der Waals surface area contributed by atoms with Gasteiger partial charge in [-0.25, -0.2) is 0 Å². The SMILES string of the molecule is CCNC(=O)C1CC(N)CN1C(=O)c1cccc2c1OCC2. The van der Waals surface area contributed by atoms with Gasteiger partial charge < -0.3 is 20.7 Å². The number of amides is 2. The molecule has 2 atom stereocenters. The number of carbonyl (C=O) groups excluding carboxylic acids is 2. The Hall–Kier alpha value is -2.08.